The number of amides is 2. The largest absolute Gasteiger partial charge is 0.332 e. The zero-order chi connectivity index (χ0) is 14.7. The van der Waals surface area contributed by atoms with E-state index < -0.39 is 0 Å². The van der Waals surface area contributed by atoms with Crippen LogP contribution >= 0.6 is 11.8 Å². The van der Waals surface area contributed by atoms with Crippen molar-refractivity contribution in [2.24, 2.45) is 0 Å². The number of nitrogens with one attached hydrogen (secondary N) is 1. The molecule has 2 amide bonds. The lowest BCUT2D eigenvalue weighted by molar-refractivity contribution is 0.207. The van der Waals surface area contributed by atoms with Crippen molar-refractivity contribution < 1.29 is 4.79 Å². The Bertz CT molecular complexity index is 529. The van der Waals surface area contributed by atoms with Crippen LogP contribution in [0.25, 0.3) is 0 Å². The van der Waals surface area contributed by atoms with E-state index in [1.165, 1.54) is 23.3 Å². The standard InChI is InChI=1S/C17H22N2OS/c1-2-3-9-14-10-16-15(12-21-14)18-17(20)19(16)11-13-7-5-4-6-8-13/h4-8,10,15-16H,2-3,9,11-12H2,1H3,(H,18,20)/t15-,16+/m0/s1. The zero-order valence-corrected chi connectivity index (χ0v) is 13.2. The van der Waals surface area contributed by atoms with Crippen molar-refractivity contribution in [3.63, 3.8) is 0 Å². The average molecular weight is 302 g/mol. The van der Waals surface area contributed by atoms with Gasteiger partial charge in [0.2, 0.25) is 0 Å². The highest BCUT2D eigenvalue weighted by Crippen LogP contribution is 2.33. The number of benzene rings is 1. The molecule has 1 saturated heterocycles. The van der Waals surface area contributed by atoms with Gasteiger partial charge in [-0.2, -0.15) is 0 Å². The van der Waals surface area contributed by atoms with Gasteiger partial charge in [-0.05, 0) is 23.3 Å². The first-order valence-corrected chi connectivity index (χ1v) is 8.71. The predicted octanol–water partition coefficient (Wildman–Crippen LogP) is 3.77. The topological polar surface area (TPSA) is 32.3 Å². The number of rotatable bonds is 5. The first kappa shape index (κ1) is 14.5. The van der Waals surface area contributed by atoms with Crippen LogP contribution in [0, 0.1) is 0 Å². The highest BCUT2D eigenvalue weighted by Gasteiger charge is 2.39. The number of fused-ring (bicyclic) bond motifs is 1. The smallest absolute Gasteiger partial charge is 0.318 e. The van der Waals surface area contributed by atoms with Crippen molar-refractivity contribution in [1.29, 1.82) is 0 Å². The van der Waals surface area contributed by atoms with Gasteiger partial charge < -0.3 is 10.2 Å². The fourth-order valence-corrected chi connectivity index (χ4v) is 4.12. The molecule has 1 fully saturated rings. The van der Waals surface area contributed by atoms with E-state index in [0.29, 0.717) is 6.54 Å². The molecule has 4 heteroatoms. The van der Waals surface area contributed by atoms with Crippen LogP contribution in [0.15, 0.2) is 41.3 Å². The van der Waals surface area contributed by atoms with Crippen LogP contribution in [0.3, 0.4) is 0 Å². The van der Waals surface area contributed by atoms with Crippen molar-refractivity contribution >= 4 is 17.8 Å². The summed E-state index contributed by atoms with van der Waals surface area (Å²) in [5, 5.41) is 3.12. The molecule has 2 aliphatic heterocycles. The number of carbonyl (C=O) groups excluding carboxylic acids is 1. The SMILES string of the molecule is CCCCC1=C[C@@H]2[C@H](CS1)NC(=O)N2Cc1ccccc1. The summed E-state index contributed by atoms with van der Waals surface area (Å²) in [4.78, 5) is 15.7. The second-order valence-electron chi connectivity index (χ2n) is 5.71. The molecule has 2 heterocycles. The number of thioether (sulfide) groups is 1. The fourth-order valence-electron chi connectivity index (χ4n) is 2.93. The van der Waals surface area contributed by atoms with Gasteiger partial charge in [-0.3, -0.25) is 0 Å². The van der Waals surface area contributed by atoms with Crippen LogP contribution < -0.4 is 5.32 Å². The van der Waals surface area contributed by atoms with E-state index in [1.54, 1.807) is 0 Å². The van der Waals surface area contributed by atoms with Crippen LogP contribution in [-0.4, -0.2) is 28.8 Å². The van der Waals surface area contributed by atoms with Gasteiger partial charge in [-0.1, -0.05) is 49.8 Å². The summed E-state index contributed by atoms with van der Waals surface area (Å²) in [6.45, 7) is 2.91. The summed E-state index contributed by atoms with van der Waals surface area (Å²) in [5.74, 6) is 0.997. The maximum absolute atomic E-state index is 12.2. The Balaban J connectivity index is 1.75. The average Bonchev–Trinajstić information content (AvgIpc) is 2.82. The molecule has 1 aromatic carbocycles. The van der Waals surface area contributed by atoms with Crippen LogP contribution in [-0.2, 0) is 6.54 Å². The molecule has 0 spiro atoms. The van der Waals surface area contributed by atoms with E-state index in [-0.39, 0.29) is 18.1 Å². The Morgan fingerprint density at radius 3 is 2.90 bits per heavy atom. The molecule has 0 unspecified atom stereocenters. The van der Waals surface area contributed by atoms with Crippen molar-refractivity contribution in [1.82, 2.24) is 10.2 Å². The van der Waals surface area contributed by atoms with Crippen LogP contribution in [0.1, 0.15) is 31.7 Å². The van der Waals surface area contributed by atoms with Crippen LogP contribution in [0.5, 0.6) is 0 Å². The normalized spacial score (nSPS) is 24.5. The summed E-state index contributed by atoms with van der Waals surface area (Å²) in [6, 6.07) is 10.8. The molecule has 0 bridgehead atoms. The van der Waals surface area contributed by atoms with Crippen molar-refractivity contribution in [3.8, 4) is 0 Å². The number of nitrogens with zero attached hydrogens (tertiary/aromatic N) is 1. The van der Waals surface area contributed by atoms with E-state index in [2.05, 4.69) is 30.4 Å². The Hall–Kier alpha value is -1.42. The Morgan fingerprint density at radius 1 is 1.33 bits per heavy atom. The highest BCUT2D eigenvalue weighted by molar-refractivity contribution is 8.03. The van der Waals surface area contributed by atoms with Gasteiger partial charge in [0.25, 0.3) is 0 Å². The third-order valence-corrected chi connectivity index (χ3v) is 5.36. The Labute approximate surface area is 130 Å². The Morgan fingerprint density at radius 2 is 2.14 bits per heavy atom. The number of unbranched alkanes of at least 4 members (excludes halogenated alkanes) is 1. The molecule has 112 valence electrons. The molecule has 2 atom stereocenters. The van der Waals surface area contributed by atoms with E-state index in [4.69, 9.17) is 0 Å². The van der Waals surface area contributed by atoms with E-state index in [1.807, 2.05) is 34.9 Å². The highest BCUT2D eigenvalue weighted by atomic mass is 32.2. The van der Waals surface area contributed by atoms with Crippen LogP contribution in [0.2, 0.25) is 0 Å². The minimum absolute atomic E-state index is 0.0717. The lowest BCUT2D eigenvalue weighted by Crippen LogP contribution is -2.38. The molecule has 1 N–H and O–H groups in total. The van der Waals surface area contributed by atoms with Gasteiger partial charge in [-0.25, -0.2) is 4.79 Å². The van der Waals surface area contributed by atoms with Gasteiger partial charge >= 0.3 is 6.03 Å². The summed E-state index contributed by atoms with van der Waals surface area (Å²) in [5.41, 5.74) is 1.19. The summed E-state index contributed by atoms with van der Waals surface area (Å²) >= 11 is 1.91. The first-order valence-electron chi connectivity index (χ1n) is 7.72. The summed E-state index contributed by atoms with van der Waals surface area (Å²) in [7, 11) is 0. The molecular formula is C17H22N2OS. The second kappa shape index (κ2) is 6.56. The fraction of sp³-hybridized carbons (Fsp3) is 0.471. The Kier molecular flexibility index (Phi) is 4.54. The maximum Gasteiger partial charge on any atom is 0.318 e. The number of carbonyl (C=O) groups is 1. The van der Waals surface area contributed by atoms with E-state index in [0.717, 1.165) is 12.2 Å². The number of urea groups is 1. The number of hydrogen-bond donors (Lipinski definition) is 1. The molecule has 0 saturated carbocycles. The second-order valence-corrected chi connectivity index (χ2v) is 6.85. The van der Waals surface area contributed by atoms with Gasteiger partial charge in [-0.15, -0.1) is 11.8 Å². The summed E-state index contributed by atoms with van der Waals surface area (Å²) < 4.78 is 0. The quantitative estimate of drug-likeness (QED) is 0.898. The molecular weight excluding hydrogens is 280 g/mol. The molecule has 3 rings (SSSR count). The van der Waals surface area contributed by atoms with Crippen molar-refractivity contribution in [2.75, 3.05) is 5.75 Å². The molecule has 0 aromatic heterocycles. The molecule has 0 aliphatic carbocycles. The molecule has 21 heavy (non-hydrogen) atoms. The molecule has 1 aromatic rings. The minimum Gasteiger partial charge on any atom is -0.332 e. The van der Waals surface area contributed by atoms with Gasteiger partial charge in [0.15, 0.2) is 0 Å². The monoisotopic (exact) mass is 302 g/mol. The summed E-state index contributed by atoms with van der Waals surface area (Å²) in [6.07, 6.45) is 5.92. The van der Waals surface area contributed by atoms with Gasteiger partial charge in [0, 0.05) is 12.3 Å². The molecule has 2 aliphatic rings. The third kappa shape index (κ3) is 3.26. The van der Waals surface area contributed by atoms with Gasteiger partial charge in [0.05, 0.1) is 12.1 Å². The van der Waals surface area contributed by atoms with Crippen molar-refractivity contribution in [2.45, 2.75) is 44.8 Å². The zero-order valence-electron chi connectivity index (χ0n) is 12.4. The molecule has 0 radical (unpaired) electrons. The maximum atomic E-state index is 12.2. The van der Waals surface area contributed by atoms with Crippen LogP contribution in [0.4, 0.5) is 4.79 Å². The lowest BCUT2D eigenvalue weighted by atomic mass is 10.1. The lowest BCUT2D eigenvalue weighted by Gasteiger charge is -2.28. The van der Waals surface area contributed by atoms with E-state index >= 15 is 0 Å². The van der Waals surface area contributed by atoms with E-state index in [9.17, 15) is 4.79 Å². The number of allylic oxidation sites excluding steroid dienone is 1. The molecule has 3 nitrogen and oxygen atoms in total. The first-order chi connectivity index (χ1) is 10.3. The van der Waals surface area contributed by atoms with Gasteiger partial charge in [0.1, 0.15) is 0 Å². The predicted molar refractivity (Wildman–Crippen MR) is 88.2 cm³/mol. The number of hydrogen-bond acceptors (Lipinski definition) is 2. The third-order valence-electron chi connectivity index (χ3n) is 4.12. The van der Waals surface area contributed by atoms with Crippen molar-refractivity contribution in [3.05, 3.63) is 46.9 Å². The minimum atomic E-state index is 0.0717.